The highest BCUT2D eigenvalue weighted by atomic mass is 16.5. The Bertz CT molecular complexity index is 765. The normalized spacial score (nSPS) is 19.3. The lowest BCUT2D eigenvalue weighted by Gasteiger charge is -2.20. The van der Waals surface area contributed by atoms with Crippen LogP contribution in [-0.2, 0) is 20.7 Å². The fraction of sp³-hybridized carbons (Fsp3) is 0.500. The fourth-order valence-electron chi connectivity index (χ4n) is 3.69. The van der Waals surface area contributed by atoms with E-state index in [4.69, 9.17) is 4.74 Å². The first-order valence-electron chi connectivity index (χ1n) is 9.33. The zero-order valence-electron chi connectivity index (χ0n) is 15.6. The minimum Gasteiger partial charge on any atom is -0.453 e. The second-order valence-corrected chi connectivity index (χ2v) is 7.16. The molecule has 1 saturated carbocycles. The van der Waals surface area contributed by atoms with Crippen LogP contribution in [0.2, 0.25) is 0 Å². The Labute approximate surface area is 158 Å². The van der Waals surface area contributed by atoms with Gasteiger partial charge in [0.2, 0.25) is 5.78 Å². The summed E-state index contributed by atoms with van der Waals surface area (Å²) in [5.41, 5.74) is 0.697. The van der Waals surface area contributed by atoms with Crippen molar-refractivity contribution in [2.24, 2.45) is 0 Å². The number of Topliss-reactive ketones (excluding diaryl/α,β-unsaturated/α-hetero) is 1. The highest BCUT2D eigenvalue weighted by molar-refractivity contribution is 6.09. The number of rotatable bonds is 6. The largest absolute Gasteiger partial charge is 0.453 e. The predicted octanol–water partition coefficient (Wildman–Crippen LogP) is 2.23. The standard InChI is InChI=1S/C20H24N2O5/c1-3-14-6-8-15(9-7-14)17(24)13(2)27-16(23)12-22-18(25)20(21-19(22)26)10-4-5-11-20/h6-9,13H,3-5,10-12H2,1-2H3,(H,21,26)/t13-/m1/s1. The SMILES string of the molecule is CCc1ccc(C(=O)[C@@H](C)OC(=O)CN2C(=O)NC3(CCCC3)C2=O)cc1. The molecule has 1 spiro atoms. The van der Waals surface area contributed by atoms with E-state index in [9.17, 15) is 19.2 Å². The first kappa shape index (κ1) is 19.1. The lowest BCUT2D eigenvalue weighted by atomic mass is 9.98. The summed E-state index contributed by atoms with van der Waals surface area (Å²) in [6.07, 6.45) is 2.79. The number of ether oxygens (including phenoxy) is 1. The number of urea groups is 1. The van der Waals surface area contributed by atoms with Crippen LogP contribution in [0.1, 0.15) is 55.5 Å². The van der Waals surface area contributed by atoms with Gasteiger partial charge in [-0.05, 0) is 31.7 Å². The molecule has 3 amide bonds. The number of carbonyl (C=O) groups excluding carboxylic acids is 4. The molecular formula is C20H24N2O5. The predicted molar refractivity (Wildman–Crippen MR) is 97.1 cm³/mol. The maximum Gasteiger partial charge on any atom is 0.326 e. The molecule has 0 unspecified atom stereocenters. The third kappa shape index (κ3) is 3.72. The fourth-order valence-corrected chi connectivity index (χ4v) is 3.69. The topological polar surface area (TPSA) is 92.8 Å². The zero-order chi connectivity index (χ0) is 19.6. The number of hydrogen-bond acceptors (Lipinski definition) is 5. The molecule has 0 radical (unpaired) electrons. The van der Waals surface area contributed by atoms with Crippen LogP contribution in [0.4, 0.5) is 4.79 Å². The van der Waals surface area contributed by atoms with E-state index in [2.05, 4.69) is 5.32 Å². The van der Waals surface area contributed by atoms with Gasteiger partial charge >= 0.3 is 12.0 Å². The first-order chi connectivity index (χ1) is 12.9. The number of aryl methyl sites for hydroxylation is 1. The highest BCUT2D eigenvalue weighted by Gasteiger charge is 2.52. The number of nitrogens with zero attached hydrogens (tertiary/aromatic N) is 1. The second-order valence-electron chi connectivity index (χ2n) is 7.16. The number of hydrogen-bond donors (Lipinski definition) is 1. The van der Waals surface area contributed by atoms with E-state index < -0.39 is 30.2 Å². The highest BCUT2D eigenvalue weighted by Crippen LogP contribution is 2.34. The first-order valence-corrected chi connectivity index (χ1v) is 9.33. The van der Waals surface area contributed by atoms with Crippen molar-refractivity contribution < 1.29 is 23.9 Å². The van der Waals surface area contributed by atoms with Gasteiger partial charge in [0.25, 0.3) is 5.91 Å². The van der Waals surface area contributed by atoms with E-state index in [1.807, 2.05) is 19.1 Å². The molecule has 0 aromatic heterocycles. The number of carbonyl (C=O) groups is 4. The van der Waals surface area contributed by atoms with E-state index in [0.29, 0.717) is 18.4 Å². The summed E-state index contributed by atoms with van der Waals surface area (Å²) in [7, 11) is 0. The molecule has 1 aromatic carbocycles. The molecule has 27 heavy (non-hydrogen) atoms. The zero-order valence-corrected chi connectivity index (χ0v) is 15.6. The third-order valence-electron chi connectivity index (χ3n) is 5.31. The van der Waals surface area contributed by atoms with Gasteiger partial charge in [-0.3, -0.25) is 19.3 Å². The van der Waals surface area contributed by atoms with Crippen LogP contribution < -0.4 is 5.32 Å². The van der Waals surface area contributed by atoms with Gasteiger partial charge in [-0.2, -0.15) is 0 Å². The third-order valence-corrected chi connectivity index (χ3v) is 5.31. The van der Waals surface area contributed by atoms with Crippen molar-refractivity contribution in [2.45, 2.75) is 57.6 Å². The quantitative estimate of drug-likeness (QED) is 0.470. The Morgan fingerprint density at radius 3 is 2.41 bits per heavy atom. The van der Waals surface area contributed by atoms with Gasteiger partial charge in [-0.1, -0.05) is 44.0 Å². The molecule has 2 fully saturated rings. The van der Waals surface area contributed by atoms with Crippen molar-refractivity contribution in [3.63, 3.8) is 0 Å². The number of imide groups is 1. The van der Waals surface area contributed by atoms with Gasteiger partial charge in [0.15, 0.2) is 6.10 Å². The smallest absolute Gasteiger partial charge is 0.326 e. The molecule has 0 bridgehead atoms. The van der Waals surface area contributed by atoms with Crippen LogP contribution in [0, 0.1) is 0 Å². The van der Waals surface area contributed by atoms with Crippen LogP contribution >= 0.6 is 0 Å². The minimum atomic E-state index is -0.994. The number of esters is 1. The monoisotopic (exact) mass is 372 g/mol. The molecule has 1 aromatic rings. The molecule has 1 heterocycles. The summed E-state index contributed by atoms with van der Waals surface area (Å²) in [4.78, 5) is 50.1. The van der Waals surface area contributed by atoms with E-state index in [1.165, 1.54) is 6.92 Å². The van der Waals surface area contributed by atoms with Gasteiger partial charge in [0.1, 0.15) is 12.1 Å². The Morgan fingerprint density at radius 2 is 1.81 bits per heavy atom. The number of ketones is 1. The van der Waals surface area contributed by atoms with Crippen molar-refractivity contribution >= 4 is 23.7 Å². The average molecular weight is 372 g/mol. The summed E-state index contributed by atoms with van der Waals surface area (Å²) < 4.78 is 5.17. The molecule has 7 nitrogen and oxygen atoms in total. The van der Waals surface area contributed by atoms with Crippen LogP contribution in [-0.4, -0.2) is 46.8 Å². The lowest BCUT2D eigenvalue weighted by Crippen LogP contribution is -2.44. The van der Waals surface area contributed by atoms with Crippen LogP contribution in [0.3, 0.4) is 0 Å². The Hall–Kier alpha value is -2.70. The lowest BCUT2D eigenvalue weighted by molar-refractivity contribution is -0.149. The molecule has 1 saturated heterocycles. The maximum atomic E-state index is 12.5. The van der Waals surface area contributed by atoms with Crippen molar-refractivity contribution in [1.82, 2.24) is 10.2 Å². The molecule has 2 aliphatic rings. The van der Waals surface area contributed by atoms with Crippen molar-refractivity contribution in [3.8, 4) is 0 Å². The molecular weight excluding hydrogens is 348 g/mol. The van der Waals surface area contributed by atoms with E-state index in [0.717, 1.165) is 29.7 Å². The van der Waals surface area contributed by atoms with Gasteiger partial charge in [-0.25, -0.2) is 4.79 Å². The summed E-state index contributed by atoms with van der Waals surface area (Å²) >= 11 is 0. The molecule has 1 atom stereocenters. The van der Waals surface area contributed by atoms with Gasteiger partial charge in [0, 0.05) is 5.56 Å². The summed E-state index contributed by atoms with van der Waals surface area (Å²) in [6.45, 7) is 3.02. The summed E-state index contributed by atoms with van der Waals surface area (Å²) in [6, 6.07) is 6.54. The summed E-state index contributed by atoms with van der Waals surface area (Å²) in [5.74, 6) is -1.48. The van der Waals surface area contributed by atoms with Crippen LogP contribution in [0.25, 0.3) is 0 Å². The van der Waals surface area contributed by atoms with E-state index in [-0.39, 0.29) is 11.7 Å². The van der Waals surface area contributed by atoms with Gasteiger partial charge < -0.3 is 10.1 Å². The molecule has 1 aliphatic carbocycles. The maximum absolute atomic E-state index is 12.5. The molecule has 3 rings (SSSR count). The number of amides is 3. The van der Waals surface area contributed by atoms with Crippen LogP contribution in [0.15, 0.2) is 24.3 Å². The van der Waals surface area contributed by atoms with Crippen molar-refractivity contribution in [2.75, 3.05) is 6.54 Å². The Morgan fingerprint density at radius 1 is 1.19 bits per heavy atom. The molecule has 1 N–H and O–H groups in total. The Kier molecular flexibility index (Phi) is 5.30. The molecule has 1 aliphatic heterocycles. The minimum absolute atomic E-state index is 0.324. The van der Waals surface area contributed by atoms with Gasteiger partial charge in [-0.15, -0.1) is 0 Å². The number of benzene rings is 1. The van der Waals surface area contributed by atoms with Crippen molar-refractivity contribution in [1.29, 1.82) is 0 Å². The molecule has 144 valence electrons. The molecule has 7 heteroatoms. The van der Waals surface area contributed by atoms with E-state index in [1.54, 1.807) is 12.1 Å². The summed E-state index contributed by atoms with van der Waals surface area (Å²) in [5, 5.41) is 2.71. The average Bonchev–Trinajstić information content (AvgIpc) is 3.22. The Balaban J connectivity index is 1.59. The van der Waals surface area contributed by atoms with E-state index >= 15 is 0 Å². The van der Waals surface area contributed by atoms with Crippen LogP contribution in [0.5, 0.6) is 0 Å². The number of nitrogens with one attached hydrogen (secondary N) is 1. The second kappa shape index (κ2) is 7.50. The van der Waals surface area contributed by atoms with Gasteiger partial charge in [0.05, 0.1) is 0 Å². The van der Waals surface area contributed by atoms with Crippen molar-refractivity contribution in [3.05, 3.63) is 35.4 Å².